The van der Waals surface area contributed by atoms with Crippen LogP contribution in [0.25, 0.3) is 96.5 Å². The summed E-state index contributed by atoms with van der Waals surface area (Å²) < 4.78 is 7.87. The molecule has 3 aromatic heterocycles. The molecule has 0 amide bonds. The topological polar surface area (TPSA) is 9.86 Å². The first-order valence-electron chi connectivity index (χ1n) is 17.4. The molecule has 0 aliphatic rings. The van der Waals surface area contributed by atoms with Gasteiger partial charge in [0.05, 0.1) is 0 Å². The van der Waals surface area contributed by atoms with Gasteiger partial charge in [-0.25, -0.2) is 0 Å². The number of hydrogen-bond donors (Lipinski definition) is 0. The molecule has 0 bridgehead atoms. The second-order valence-electron chi connectivity index (χ2n) is 13.3. The summed E-state index contributed by atoms with van der Waals surface area (Å²) in [6, 6.07) is 67.1. The van der Waals surface area contributed by atoms with Gasteiger partial charge in [0.2, 0.25) is 0 Å². The predicted octanol–water partition coefficient (Wildman–Crippen LogP) is 12.6. The van der Waals surface area contributed by atoms with E-state index in [0.717, 1.165) is 0 Å². The summed E-state index contributed by atoms with van der Waals surface area (Å²) >= 11 is 0.249. The zero-order valence-electron chi connectivity index (χ0n) is 27.6. The molecule has 3 heterocycles. The molecule has 2 nitrogen and oxygen atoms in total. The van der Waals surface area contributed by atoms with Crippen molar-refractivity contribution in [3.63, 3.8) is 0 Å². The number of para-hydroxylation sites is 3. The van der Waals surface area contributed by atoms with Gasteiger partial charge in [-0.1, -0.05) is 12.1 Å². The van der Waals surface area contributed by atoms with Crippen molar-refractivity contribution in [3.05, 3.63) is 182 Å². The molecule has 3 heteroatoms. The molecule has 0 radical (unpaired) electrons. The van der Waals surface area contributed by atoms with Crippen LogP contribution in [-0.4, -0.2) is 23.6 Å². The van der Waals surface area contributed by atoms with E-state index in [0.29, 0.717) is 0 Å². The molecule has 11 aromatic rings. The molecule has 0 unspecified atom stereocenters. The molecule has 0 N–H and O–H groups in total. The number of hydrogen-bond acceptors (Lipinski definition) is 0. The Morgan fingerprint density at radius 2 is 0.863 bits per heavy atom. The van der Waals surface area contributed by atoms with Crippen LogP contribution in [0.3, 0.4) is 0 Å². The number of aromatic nitrogens is 2. The minimum atomic E-state index is 0.249. The summed E-state index contributed by atoms with van der Waals surface area (Å²) in [6.07, 6.45) is 0. The Morgan fingerprint density at radius 3 is 1.57 bits per heavy atom. The Kier molecular flexibility index (Phi) is 6.30. The van der Waals surface area contributed by atoms with Gasteiger partial charge in [-0.15, -0.1) is 0 Å². The molecule has 11 rings (SSSR count). The van der Waals surface area contributed by atoms with Crippen molar-refractivity contribution < 1.29 is 0 Å². The van der Waals surface area contributed by atoms with Gasteiger partial charge >= 0.3 is 290 Å². The Hall–Kier alpha value is -6.12. The summed E-state index contributed by atoms with van der Waals surface area (Å²) in [6.45, 7) is 0. The molecule has 0 aliphatic carbocycles. The second-order valence-corrected chi connectivity index (χ2v) is 15.6. The molecule has 0 aliphatic heterocycles. The number of nitrogens with zero attached hydrogens (tertiary/aromatic N) is 2. The van der Waals surface area contributed by atoms with Crippen LogP contribution < -0.4 is 0 Å². The average Bonchev–Trinajstić information content (AvgIpc) is 3.86. The normalized spacial score (nSPS) is 11.9. The SMILES string of the molecule is c1ccc(-c2ccc(-c3ccc4[se]c5ccccc5c4c3-n3c4ccccc4c4cc(-n5c6ccccc6c6ccccc65)ccc43)cc2)cc1. The zero-order valence-corrected chi connectivity index (χ0v) is 29.3. The molecular formula is C48H30N2Se. The van der Waals surface area contributed by atoms with Crippen molar-refractivity contribution in [1.29, 1.82) is 0 Å². The number of rotatable bonds is 4. The number of fused-ring (bicyclic) bond motifs is 9. The van der Waals surface area contributed by atoms with Crippen LogP contribution in [0.5, 0.6) is 0 Å². The van der Waals surface area contributed by atoms with Crippen LogP contribution in [0.15, 0.2) is 182 Å². The van der Waals surface area contributed by atoms with Crippen molar-refractivity contribution in [2.24, 2.45) is 0 Å². The summed E-state index contributed by atoms with van der Waals surface area (Å²) in [7, 11) is 0. The summed E-state index contributed by atoms with van der Waals surface area (Å²) in [5.74, 6) is 0. The minimum absolute atomic E-state index is 0.249. The third-order valence-electron chi connectivity index (χ3n) is 10.5. The van der Waals surface area contributed by atoms with E-state index in [-0.39, 0.29) is 14.5 Å². The standard InChI is InChI=1S/C48H30N2Se/c1-2-12-31(13-3-1)32-22-24-33(25-23-32)35-27-29-46-47(39-17-7-11-21-45(39)51-46)48(35)50-43-20-10-6-16-38(43)40-30-34(26-28-44(40)50)49-41-18-8-4-14-36(41)37-15-5-9-19-42(37)49/h1-30H. The van der Waals surface area contributed by atoms with E-state index in [1.807, 2.05) is 0 Å². The monoisotopic (exact) mass is 714 g/mol. The van der Waals surface area contributed by atoms with E-state index in [2.05, 4.69) is 191 Å². The molecule has 238 valence electrons. The quantitative estimate of drug-likeness (QED) is 0.161. The molecule has 51 heavy (non-hydrogen) atoms. The fourth-order valence-corrected chi connectivity index (χ4v) is 10.6. The molecule has 0 saturated heterocycles. The van der Waals surface area contributed by atoms with Crippen LogP contribution in [0, 0.1) is 0 Å². The van der Waals surface area contributed by atoms with Gasteiger partial charge in [-0.3, -0.25) is 0 Å². The third kappa shape index (κ3) is 4.29. The van der Waals surface area contributed by atoms with Crippen molar-refractivity contribution in [1.82, 2.24) is 9.13 Å². The summed E-state index contributed by atoms with van der Waals surface area (Å²) in [5, 5.41) is 7.79. The number of benzene rings is 8. The van der Waals surface area contributed by atoms with Crippen molar-refractivity contribution in [2.45, 2.75) is 0 Å². The van der Waals surface area contributed by atoms with Gasteiger partial charge in [-0.05, 0) is 0 Å². The van der Waals surface area contributed by atoms with E-state index in [9.17, 15) is 0 Å². The van der Waals surface area contributed by atoms with Gasteiger partial charge in [0, 0.05) is 0 Å². The van der Waals surface area contributed by atoms with Crippen LogP contribution >= 0.6 is 0 Å². The van der Waals surface area contributed by atoms with Gasteiger partial charge in [0.25, 0.3) is 0 Å². The summed E-state index contributed by atoms with van der Waals surface area (Å²) in [4.78, 5) is 0. The van der Waals surface area contributed by atoms with Crippen LogP contribution in [-0.2, 0) is 0 Å². The molecule has 0 saturated carbocycles. The van der Waals surface area contributed by atoms with E-state index in [1.54, 1.807) is 0 Å². The molecular weight excluding hydrogens is 684 g/mol. The first-order chi connectivity index (χ1) is 25.3. The van der Waals surface area contributed by atoms with Gasteiger partial charge in [0.1, 0.15) is 0 Å². The van der Waals surface area contributed by atoms with E-state index >= 15 is 0 Å². The Balaban J connectivity index is 1.22. The predicted molar refractivity (Wildman–Crippen MR) is 218 cm³/mol. The molecule has 8 aromatic carbocycles. The first kappa shape index (κ1) is 28.7. The summed E-state index contributed by atoms with van der Waals surface area (Å²) in [5.41, 5.74) is 12.3. The Morgan fingerprint density at radius 1 is 0.333 bits per heavy atom. The average molecular weight is 714 g/mol. The fourth-order valence-electron chi connectivity index (χ4n) is 8.28. The van der Waals surface area contributed by atoms with Gasteiger partial charge < -0.3 is 0 Å². The van der Waals surface area contributed by atoms with Gasteiger partial charge in [-0.2, -0.15) is 0 Å². The molecule has 0 spiro atoms. The van der Waals surface area contributed by atoms with E-state index in [4.69, 9.17) is 0 Å². The van der Waals surface area contributed by atoms with Crippen LogP contribution in [0.2, 0.25) is 0 Å². The van der Waals surface area contributed by atoms with E-state index in [1.165, 1.54) is 96.5 Å². The van der Waals surface area contributed by atoms with Crippen LogP contribution in [0.4, 0.5) is 0 Å². The van der Waals surface area contributed by atoms with Gasteiger partial charge in [0.15, 0.2) is 0 Å². The second kappa shape index (κ2) is 11.2. The van der Waals surface area contributed by atoms with Crippen molar-refractivity contribution in [3.8, 4) is 33.6 Å². The van der Waals surface area contributed by atoms with Crippen LogP contribution in [0.1, 0.15) is 0 Å². The third-order valence-corrected chi connectivity index (χ3v) is 12.9. The fraction of sp³-hybridized carbons (Fsp3) is 0. The van der Waals surface area contributed by atoms with Crippen molar-refractivity contribution in [2.75, 3.05) is 0 Å². The first-order valence-corrected chi connectivity index (χ1v) is 19.2. The maximum absolute atomic E-state index is 2.55. The molecule has 0 atom stereocenters. The van der Waals surface area contributed by atoms with Crippen molar-refractivity contribution >= 4 is 77.4 Å². The maximum atomic E-state index is 2.55. The van der Waals surface area contributed by atoms with E-state index < -0.39 is 0 Å². The molecule has 0 fully saturated rings. The Bertz CT molecular complexity index is 3070. The Labute approximate surface area is 300 Å². The zero-order chi connectivity index (χ0) is 33.5.